The van der Waals surface area contributed by atoms with Gasteiger partial charge in [-0.05, 0) is 42.5 Å². The lowest BCUT2D eigenvalue weighted by Crippen LogP contribution is -2.08. The van der Waals surface area contributed by atoms with E-state index in [1.54, 1.807) is 36.4 Å². The molecule has 4 rings (SSSR count). The number of fused-ring (bicyclic) bond motifs is 1. The molecule has 0 atom stereocenters. The van der Waals surface area contributed by atoms with Crippen LogP contribution in [0.2, 0.25) is 0 Å². The molecule has 0 unspecified atom stereocenters. The van der Waals surface area contributed by atoms with Crippen LogP contribution in [0.3, 0.4) is 0 Å². The van der Waals surface area contributed by atoms with E-state index < -0.39 is 17.7 Å². The van der Waals surface area contributed by atoms with Gasteiger partial charge in [-0.15, -0.1) is 0 Å². The highest BCUT2D eigenvalue weighted by atomic mass is 16.5. The number of carbonyl (C=O) groups is 3. The number of pyridine rings is 1. The number of carbonyl (C=O) groups excluding carboxylic acids is 2. The number of hydrogen-bond acceptors (Lipinski definition) is 7. The lowest BCUT2D eigenvalue weighted by molar-refractivity contribution is 0.0599. The summed E-state index contributed by atoms with van der Waals surface area (Å²) in [5.74, 6) is -1.66. The van der Waals surface area contributed by atoms with Crippen molar-refractivity contribution in [1.82, 2.24) is 9.38 Å². The summed E-state index contributed by atoms with van der Waals surface area (Å²) in [5, 5.41) is 9.45. The van der Waals surface area contributed by atoms with Crippen molar-refractivity contribution in [3.05, 3.63) is 83.3 Å². The Morgan fingerprint density at radius 3 is 2.45 bits per heavy atom. The van der Waals surface area contributed by atoms with Gasteiger partial charge in [0, 0.05) is 17.3 Å². The first-order chi connectivity index (χ1) is 15.8. The third-order valence-corrected chi connectivity index (χ3v) is 5.15. The summed E-state index contributed by atoms with van der Waals surface area (Å²) in [6.07, 6.45) is 1.47. The normalized spacial score (nSPS) is 10.7. The molecule has 166 valence electrons. The Hall–Kier alpha value is -4.66. The number of imidazole rings is 1. The predicted octanol–water partition coefficient (Wildman–Crippen LogP) is 3.31. The van der Waals surface area contributed by atoms with Crippen molar-refractivity contribution in [3.63, 3.8) is 0 Å². The smallest absolute Gasteiger partial charge is 0.337 e. The molecular weight excluding hydrogens is 426 g/mol. The first kappa shape index (κ1) is 21.6. The molecule has 9 heteroatoms. The Bertz CT molecular complexity index is 1420. The van der Waals surface area contributed by atoms with Crippen LogP contribution in [0.15, 0.2) is 60.8 Å². The lowest BCUT2D eigenvalue weighted by atomic mass is 10.1. The van der Waals surface area contributed by atoms with Crippen molar-refractivity contribution in [3.8, 4) is 17.0 Å². The van der Waals surface area contributed by atoms with Crippen molar-refractivity contribution >= 4 is 28.9 Å². The van der Waals surface area contributed by atoms with Crippen LogP contribution in [0.25, 0.3) is 16.8 Å². The monoisotopic (exact) mass is 445 g/mol. The van der Waals surface area contributed by atoms with Gasteiger partial charge in [0.1, 0.15) is 5.75 Å². The Morgan fingerprint density at radius 2 is 1.76 bits per heavy atom. The average molecular weight is 445 g/mol. The van der Waals surface area contributed by atoms with E-state index in [2.05, 4.69) is 4.98 Å². The summed E-state index contributed by atoms with van der Waals surface area (Å²) in [5.41, 5.74) is 8.11. The zero-order chi connectivity index (χ0) is 23.7. The Balaban J connectivity index is 1.93. The molecule has 0 spiro atoms. The highest BCUT2D eigenvalue weighted by Gasteiger charge is 2.22. The van der Waals surface area contributed by atoms with Crippen molar-refractivity contribution in [2.75, 3.05) is 20.0 Å². The maximum absolute atomic E-state index is 13.4. The molecule has 2 aromatic heterocycles. The summed E-state index contributed by atoms with van der Waals surface area (Å²) in [7, 11) is 2.72. The number of methoxy groups -OCH3 is 2. The molecule has 0 fully saturated rings. The van der Waals surface area contributed by atoms with Crippen molar-refractivity contribution in [1.29, 1.82) is 0 Å². The second kappa shape index (κ2) is 8.46. The molecule has 2 aromatic carbocycles. The molecule has 0 amide bonds. The van der Waals surface area contributed by atoms with Crippen LogP contribution in [0, 0.1) is 0 Å². The van der Waals surface area contributed by atoms with Gasteiger partial charge in [-0.3, -0.25) is 9.20 Å². The van der Waals surface area contributed by atoms with E-state index in [0.29, 0.717) is 39.3 Å². The fourth-order valence-corrected chi connectivity index (χ4v) is 3.48. The lowest BCUT2D eigenvalue weighted by Gasteiger charge is -2.07. The van der Waals surface area contributed by atoms with Gasteiger partial charge in [-0.1, -0.05) is 12.1 Å². The molecule has 33 heavy (non-hydrogen) atoms. The van der Waals surface area contributed by atoms with Gasteiger partial charge >= 0.3 is 11.9 Å². The molecule has 0 bridgehead atoms. The first-order valence-electron chi connectivity index (χ1n) is 9.76. The zero-order valence-electron chi connectivity index (χ0n) is 17.7. The van der Waals surface area contributed by atoms with Crippen LogP contribution in [0.4, 0.5) is 5.69 Å². The molecule has 0 saturated heterocycles. The topological polar surface area (TPSA) is 133 Å². The number of aromatic carboxylic acids is 1. The molecule has 0 radical (unpaired) electrons. The van der Waals surface area contributed by atoms with E-state index in [0.717, 1.165) is 0 Å². The van der Waals surface area contributed by atoms with Crippen LogP contribution in [-0.4, -0.2) is 46.4 Å². The van der Waals surface area contributed by atoms with Crippen LogP contribution in [0.5, 0.6) is 5.75 Å². The van der Waals surface area contributed by atoms with E-state index in [9.17, 15) is 19.5 Å². The molecule has 2 heterocycles. The molecule has 0 aliphatic rings. The predicted molar refractivity (Wildman–Crippen MR) is 120 cm³/mol. The average Bonchev–Trinajstić information content (AvgIpc) is 3.22. The van der Waals surface area contributed by atoms with Gasteiger partial charge in [-0.2, -0.15) is 0 Å². The number of nitrogen functional groups attached to an aromatic ring is 1. The van der Waals surface area contributed by atoms with E-state index in [4.69, 9.17) is 15.2 Å². The highest BCUT2D eigenvalue weighted by Crippen LogP contribution is 2.29. The summed E-state index contributed by atoms with van der Waals surface area (Å²) >= 11 is 0. The standard InChI is InChI=1S/C24H19N3O6/c1-32-19-12-14(6-7-17(19)25)21(28)22-26-20(13-4-3-5-16(10-13)24(31)33-2)18-11-15(23(29)30)8-9-27(18)22/h3-12H,25H2,1-2H3,(H,29,30). The van der Waals surface area contributed by atoms with Gasteiger partial charge in [0.2, 0.25) is 5.78 Å². The Morgan fingerprint density at radius 1 is 0.970 bits per heavy atom. The number of rotatable bonds is 6. The number of nitrogens with zero attached hydrogens (tertiary/aromatic N) is 2. The molecule has 0 saturated carbocycles. The van der Waals surface area contributed by atoms with Crippen LogP contribution < -0.4 is 10.5 Å². The summed E-state index contributed by atoms with van der Waals surface area (Å²) in [4.78, 5) is 41.4. The van der Waals surface area contributed by atoms with Gasteiger partial charge in [0.05, 0.1) is 42.2 Å². The van der Waals surface area contributed by atoms with Crippen LogP contribution in [-0.2, 0) is 4.74 Å². The summed E-state index contributed by atoms with van der Waals surface area (Å²) in [6.45, 7) is 0. The number of carboxylic acids is 1. The number of carboxylic acid groups (broad SMARTS) is 1. The molecule has 0 aliphatic heterocycles. The van der Waals surface area contributed by atoms with Gasteiger partial charge in [-0.25, -0.2) is 14.6 Å². The zero-order valence-corrected chi connectivity index (χ0v) is 17.7. The van der Waals surface area contributed by atoms with E-state index >= 15 is 0 Å². The van der Waals surface area contributed by atoms with Gasteiger partial charge in [0.15, 0.2) is 5.82 Å². The number of aromatic nitrogens is 2. The number of nitrogens with two attached hydrogens (primary N) is 1. The fourth-order valence-electron chi connectivity index (χ4n) is 3.48. The van der Waals surface area contributed by atoms with Gasteiger partial charge < -0.3 is 20.3 Å². The Labute approximate surface area is 188 Å². The minimum absolute atomic E-state index is 0.0286. The van der Waals surface area contributed by atoms with Gasteiger partial charge in [0.25, 0.3) is 0 Å². The van der Waals surface area contributed by atoms with Crippen molar-refractivity contribution in [2.24, 2.45) is 0 Å². The second-order valence-corrected chi connectivity index (χ2v) is 7.12. The quantitative estimate of drug-likeness (QED) is 0.262. The van der Waals surface area contributed by atoms with E-state index in [1.807, 2.05) is 0 Å². The van der Waals surface area contributed by atoms with Crippen molar-refractivity contribution in [2.45, 2.75) is 0 Å². The number of esters is 1. The molecule has 4 aromatic rings. The second-order valence-electron chi connectivity index (χ2n) is 7.12. The largest absolute Gasteiger partial charge is 0.495 e. The minimum atomic E-state index is -1.12. The van der Waals surface area contributed by atoms with E-state index in [-0.39, 0.29) is 11.4 Å². The third kappa shape index (κ3) is 3.87. The number of benzene rings is 2. The summed E-state index contributed by atoms with van der Waals surface area (Å²) < 4.78 is 11.5. The van der Waals surface area contributed by atoms with Crippen LogP contribution in [0.1, 0.15) is 36.9 Å². The number of anilines is 1. The molecule has 9 nitrogen and oxygen atoms in total. The fraction of sp³-hybridized carbons (Fsp3) is 0.0833. The molecule has 0 aliphatic carbocycles. The number of ketones is 1. The Kier molecular flexibility index (Phi) is 5.53. The van der Waals surface area contributed by atoms with Crippen LogP contribution >= 0.6 is 0 Å². The highest BCUT2D eigenvalue weighted by molar-refractivity contribution is 6.09. The molecular formula is C24H19N3O6. The van der Waals surface area contributed by atoms with Crippen molar-refractivity contribution < 1.29 is 29.0 Å². The molecule has 3 N–H and O–H groups in total. The minimum Gasteiger partial charge on any atom is -0.495 e. The maximum Gasteiger partial charge on any atom is 0.337 e. The number of hydrogen-bond donors (Lipinski definition) is 2. The summed E-state index contributed by atoms with van der Waals surface area (Å²) in [6, 6.07) is 14.0. The SMILES string of the molecule is COC(=O)c1cccc(-c2nc(C(=O)c3ccc(N)c(OC)c3)n3ccc(C(=O)O)cc23)c1. The third-order valence-electron chi connectivity index (χ3n) is 5.15. The maximum atomic E-state index is 13.4. The number of ether oxygens (including phenoxy) is 2. The van der Waals surface area contributed by atoms with E-state index in [1.165, 1.54) is 43.0 Å². The first-order valence-corrected chi connectivity index (χ1v) is 9.76.